The number of quaternary nitrogens is 1. The van der Waals surface area contributed by atoms with Gasteiger partial charge in [-0.1, -0.05) is 186 Å². The van der Waals surface area contributed by atoms with Crippen LogP contribution < -0.4 is 4.89 Å². The van der Waals surface area contributed by atoms with Crippen molar-refractivity contribution in [1.82, 2.24) is 0 Å². The van der Waals surface area contributed by atoms with Gasteiger partial charge in [-0.3, -0.25) is 9.36 Å². The van der Waals surface area contributed by atoms with Crippen molar-refractivity contribution in [2.45, 2.75) is 219 Å². The summed E-state index contributed by atoms with van der Waals surface area (Å²) in [6.45, 7) is 5.41. The van der Waals surface area contributed by atoms with Crippen molar-refractivity contribution in [3.8, 4) is 0 Å². The smallest absolute Gasteiger partial charge is 0.306 e. The van der Waals surface area contributed by atoms with E-state index >= 15 is 0 Å². The molecular formula is C47H92NO7P. The molecule has 0 aromatic heterocycles. The summed E-state index contributed by atoms with van der Waals surface area (Å²) in [7, 11) is 1.35. The molecule has 9 heteroatoms. The lowest BCUT2D eigenvalue weighted by Gasteiger charge is -2.28. The van der Waals surface area contributed by atoms with Crippen LogP contribution in [0.15, 0.2) is 24.3 Å². The minimum Gasteiger partial charge on any atom is -0.756 e. The number of esters is 1. The first-order valence-electron chi connectivity index (χ1n) is 23.6. The molecule has 0 spiro atoms. The highest BCUT2D eigenvalue weighted by molar-refractivity contribution is 7.45. The van der Waals surface area contributed by atoms with Gasteiger partial charge in [-0.25, -0.2) is 0 Å². The summed E-state index contributed by atoms with van der Waals surface area (Å²) in [5.41, 5.74) is 0. The highest BCUT2D eigenvalue weighted by atomic mass is 31.2. The summed E-state index contributed by atoms with van der Waals surface area (Å²) < 4.78 is 34.6. The maximum atomic E-state index is 12.7. The molecule has 0 aliphatic heterocycles. The van der Waals surface area contributed by atoms with Gasteiger partial charge in [0.05, 0.1) is 34.4 Å². The van der Waals surface area contributed by atoms with E-state index in [4.69, 9.17) is 18.5 Å². The van der Waals surface area contributed by atoms with Gasteiger partial charge in [-0.05, 0) is 44.9 Å². The van der Waals surface area contributed by atoms with Crippen LogP contribution in [0.25, 0.3) is 0 Å². The van der Waals surface area contributed by atoms with E-state index in [1.165, 1.54) is 135 Å². The van der Waals surface area contributed by atoms with E-state index in [1.54, 1.807) is 0 Å². The molecule has 0 rings (SSSR count). The lowest BCUT2D eigenvalue weighted by Crippen LogP contribution is -2.37. The molecule has 0 aliphatic carbocycles. The number of nitrogens with zero attached hydrogens (tertiary/aromatic N) is 1. The van der Waals surface area contributed by atoms with E-state index in [1.807, 2.05) is 21.1 Å². The highest BCUT2D eigenvalue weighted by Gasteiger charge is 2.20. The largest absolute Gasteiger partial charge is 0.756 e. The van der Waals surface area contributed by atoms with Crippen molar-refractivity contribution in [3.63, 3.8) is 0 Å². The lowest BCUT2D eigenvalue weighted by atomic mass is 10.0. The molecule has 0 bridgehead atoms. The van der Waals surface area contributed by atoms with Crippen LogP contribution in [0.3, 0.4) is 0 Å². The van der Waals surface area contributed by atoms with Crippen LogP contribution in [0.1, 0.15) is 213 Å². The number of rotatable bonds is 44. The number of carbonyl (C=O) groups is 1. The van der Waals surface area contributed by atoms with Gasteiger partial charge in [0.25, 0.3) is 7.82 Å². The Morgan fingerprint density at radius 1 is 0.554 bits per heavy atom. The predicted molar refractivity (Wildman–Crippen MR) is 236 cm³/mol. The summed E-state index contributed by atoms with van der Waals surface area (Å²) >= 11 is 0. The first-order valence-corrected chi connectivity index (χ1v) is 25.0. The van der Waals surface area contributed by atoms with Crippen LogP contribution >= 0.6 is 7.82 Å². The molecule has 0 saturated carbocycles. The Hall–Kier alpha value is -1.02. The average Bonchev–Trinajstić information content (AvgIpc) is 3.15. The van der Waals surface area contributed by atoms with Gasteiger partial charge in [0.2, 0.25) is 0 Å². The monoisotopic (exact) mass is 814 g/mol. The Labute approximate surface area is 347 Å². The molecule has 0 fully saturated rings. The van der Waals surface area contributed by atoms with E-state index < -0.39 is 13.9 Å². The molecule has 332 valence electrons. The second-order valence-electron chi connectivity index (χ2n) is 17.1. The minimum absolute atomic E-state index is 0.0253. The Balaban J connectivity index is 4.19. The van der Waals surface area contributed by atoms with Gasteiger partial charge in [-0.15, -0.1) is 0 Å². The summed E-state index contributed by atoms with van der Waals surface area (Å²) in [6.07, 6.45) is 46.2. The quantitative estimate of drug-likeness (QED) is 0.0199. The number of phosphoric ester groups is 1. The molecule has 0 saturated heterocycles. The standard InChI is InChI=1S/C47H92NO7P/c1-6-8-10-12-14-16-18-20-22-24-25-27-29-31-33-35-37-39-42-52-44-46(45-54-56(50,51)53-43-41-48(3,4)5)55-47(49)40-38-36-34-32-30-28-26-23-21-19-17-15-13-11-9-7-2/h17,19,23,26,46H,6-16,18,20-22,24-25,27-45H2,1-5H3/b19-17-,26-23-. The van der Waals surface area contributed by atoms with Crippen molar-refractivity contribution in [3.05, 3.63) is 24.3 Å². The fourth-order valence-corrected chi connectivity index (χ4v) is 7.31. The lowest BCUT2D eigenvalue weighted by molar-refractivity contribution is -0.870. The maximum Gasteiger partial charge on any atom is 0.306 e. The molecule has 0 amide bonds. The average molecular weight is 814 g/mol. The van der Waals surface area contributed by atoms with Crippen molar-refractivity contribution in [1.29, 1.82) is 0 Å². The van der Waals surface area contributed by atoms with E-state index in [-0.39, 0.29) is 25.8 Å². The Morgan fingerprint density at radius 2 is 0.982 bits per heavy atom. The number of carbonyl (C=O) groups excluding carboxylic acids is 1. The van der Waals surface area contributed by atoms with Crippen LogP contribution in [0.4, 0.5) is 0 Å². The molecular weight excluding hydrogens is 721 g/mol. The summed E-state index contributed by atoms with van der Waals surface area (Å²) in [5.74, 6) is -0.344. The normalized spacial score (nSPS) is 13.9. The number of unbranched alkanes of at least 4 members (excludes halogenated alkanes) is 26. The van der Waals surface area contributed by atoms with E-state index in [0.717, 1.165) is 57.8 Å². The topological polar surface area (TPSA) is 94.1 Å². The van der Waals surface area contributed by atoms with Crippen LogP contribution in [0.2, 0.25) is 0 Å². The van der Waals surface area contributed by atoms with Crippen LogP contribution in [0, 0.1) is 0 Å². The second kappa shape index (κ2) is 40.7. The first-order chi connectivity index (χ1) is 27.1. The zero-order valence-electron chi connectivity index (χ0n) is 37.6. The minimum atomic E-state index is -4.53. The van der Waals surface area contributed by atoms with E-state index in [2.05, 4.69) is 38.2 Å². The summed E-state index contributed by atoms with van der Waals surface area (Å²) in [4.78, 5) is 25.1. The number of phosphoric acid groups is 1. The van der Waals surface area contributed by atoms with Crippen molar-refractivity contribution in [2.75, 3.05) is 54.1 Å². The molecule has 0 N–H and O–H groups in total. The number of likely N-dealkylation sites (N-methyl/N-ethyl adjacent to an activating group) is 1. The number of ether oxygens (including phenoxy) is 2. The van der Waals surface area contributed by atoms with Crippen molar-refractivity contribution >= 4 is 13.8 Å². The van der Waals surface area contributed by atoms with Crippen LogP contribution in [-0.2, 0) is 27.9 Å². The molecule has 0 heterocycles. The summed E-state index contributed by atoms with van der Waals surface area (Å²) in [5, 5.41) is 0. The van der Waals surface area contributed by atoms with E-state index in [0.29, 0.717) is 24.1 Å². The third-order valence-corrected chi connectivity index (χ3v) is 11.2. The first kappa shape index (κ1) is 55.0. The summed E-state index contributed by atoms with van der Waals surface area (Å²) in [6, 6.07) is 0. The second-order valence-corrected chi connectivity index (χ2v) is 18.5. The van der Waals surface area contributed by atoms with Gasteiger partial charge in [0.1, 0.15) is 19.3 Å². The zero-order valence-corrected chi connectivity index (χ0v) is 38.5. The predicted octanol–water partition coefficient (Wildman–Crippen LogP) is 13.4. The Bertz CT molecular complexity index is 951. The molecule has 2 atom stereocenters. The Morgan fingerprint density at radius 3 is 1.46 bits per heavy atom. The van der Waals surface area contributed by atoms with Gasteiger partial charge >= 0.3 is 5.97 Å². The van der Waals surface area contributed by atoms with Crippen LogP contribution in [-0.4, -0.2) is 70.7 Å². The highest BCUT2D eigenvalue weighted by Crippen LogP contribution is 2.38. The number of hydrogen-bond donors (Lipinski definition) is 0. The third-order valence-electron chi connectivity index (χ3n) is 10.3. The van der Waals surface area contributed by atoms with Gasteiger partial charge in [0.15, 0.2) is 0 Å². The molecule has 2 unspecified atom stereocenters. The molecule has 0 aromatic rings. The van der Waals surface area contributed by atoms with Crippen LogP contribution in [0.5, 0.6) is 0 Å². The Kier molecular flexibility index (Phi) is 40.0. The van der Waals surface area contributed by atoms with Gasteiger partial charge in [-0.2, -0.15) is 0 Å². The fourth-order valence-electron chi connectivity index (χ4n) is 6.58. The van der Waals surface area contributed by atoms with Crippen molar-refractivity contribution < 1.29 is 37.3 Å². The number of allylic oxidation sites excluding steroid dienone is 4. The molecule has 0 aliphatic rings. The number of hydrogen-bond acceptors (Lipinski definition) is 7. The third kappa shape index (κ3) is 44.1. The zero-order chi connectivity index (χ0) is 41.3. The molecule has 8 nitrogen and oxygen atoms in total. The van der Waals surface area contributed by atoms with Gasteiger partial charge < -0.3 is 27.9 Å². The van der Waals surface area contributed by atoms with Gasteiger partial charge in [0, 0.05) is 13.0 Å². The molecule has 56 heavy (non-hydrogen) atoms. The van der Waals surface area contributed by atoms with E-state index in [9.17, 15) is 14.3 Å². The molecule has 0 radical (unpaired) electrons. The molecule has 0 aromatic carbocycles. The van der Waals surface area contributed by atoms with Crippen molar-refractivity contribution in [2.24, 2.45) is 0 Å². The maximum absolute atomic E-state index is 12.7. The SMILES string of the molecule is CCCCCC/C=C\C/C=C\CCCCCCCC(=O)OC(COCCCCCCCCCCCCCCCCCCCC)COP(=O)([O-])OCC[N+](C)(C)C. The fraction of sp³-hybridized carbons (Fsp3) is 0.894.